The maximum atomic E-state index is 13.8. The van der Waals surface area contributed by atoms with Crippen LogP contribution in [0.15, 0.2) is 57.6 Å². The van der Waals surface area contributed by atoms with E-state index in [1.165, 1.54) is 22.9 Å². The summed E-state index contributed by atoms with van der Waals surface area (Å²) in [5.41, 5.74) is 0.400. The summed E-state index contributed by atoms with van der Waals surface area (Å²) in [5, 5.41) is 6.68. The lowest BCUT2D eigenvalue weighted by molar-refractivity contribution is 0.0991. The van der Waals surface area contributed by atoms with E-state index in [2.05, 4.69) is 26.3 Å². The van der Waals surface area contributed by atoms with E-state index in [1.807, 2.05) is 0 Å². The van der Waals surface area contributed by atoms with Crippen LogP contribution in [0.25, 0.3) is 0 Å². The lowest BCUT2D eigenvalue weighted by Gasteiger charge is -2.08. The van der Waals surface area contributed by atoms with E-state index in [0.29, 0.717) is 10.0 Å². The summed E-state index contributed by atoms with van der Waals surface area (Å²) < 4.78 is 79.7. The van der Waals surface area contributed by atoms with Crippen molar-refractivity contribution < 1.29 is 35.9 Å². The Morgan fingerprint density at radius 1 is 1.03 bits per heavy atom. The molecule has 176 valence electrons. The highest BCUT2D eigenvalue weighted by Gasteiger charge is 2.22. The number of benzene rings is 2. The fourth-order valence-electron chi connectivity index (χ4n) is 2.93. The molecule has 0 bridgehead atoms. The molecular weight excluding hydrogens is 529 g/mol. The summed E-state index contributed by atoms with van der Waals surface area (Å²) in [7, 11) is 0. The van der Waals surface area contributed by atoms with E-state index >= 15 is 0 Å². The molecule has 0 aliphatic rings. The smallest absolute Gasteiger partial charge is 0.292 e. The number of halogens is 6. The van der Waals surface area contributed by atoms with Gasteiger partial charge in [-0.3, -0.25) is 9.48 Å². The van der Waals surface area contributed by atoms with E-state index in [-0.39, 0.29) is 29.9 Å². The minimum atomic E-state index is -1.70. The number of rotatable bonds is 7. The van der Waals surface area contributed by atoms with E-state index in [9.17, 15) is 26.7 Å². The lowest BCUT2D eigenvalue weighted by atomic mass is 10.2. The number of nitrogens with zero attached hydrogens (tertiary/aromatic N) is 2. The number of hydrogen-bond acceptors (Lipinski definition) is 4. The molecule has 0 radical (unpaired) electrons. The van der Waals surface area contributed by atoms with Crippen LogP contribution in [0.1, 0.15) is 21.9 Å². The Labute approximate surface area is 197 Å². The molecule has 0 saturated carbocycles. The molecule has 2 aromatic heterocycles. The van der Waals surface area contributed by atoms with Crippen molar-refractivity contribution >= 4 is 27.7 Å². The van der Waals surface area contributed by atoms with Crippen LogP contribution in [-0.2, 0) is 13.2 Å². The summed E-state index contributed by atoms with van der Waals surface area (Å²) in [5.74, 6) is -9.08. The van der Waals surface area contributed by atoms with Crippen molar-refractivity contribution in [2.45, 2.75) is 13.2 Å². The number of furan rings is 1. The molecule has 1 amide bonds. The van der Waals surface area contributed by atoms with E-state index in [4.69, 9.17) is 9.15 Å². The standard InChI is InChI=1S/C22H13BrF5N3O3/c23-13-9-31(8-11-3-1-2-4-14(11)24)30-21(13)29-22(32)17-6-5-12(34-17)10-33-20-18(27)15(25)7-16(26)19(20)28/h1-7,9H,8,10H2,(H,29,30,32). The molecule has 0 aliphatic heterocycles. The molecule has 1 N–H and O–H groups in total. The summed E-state index contributed by atoms with van der Waals surface area (Å²) in [6.07, 6.45) is 1.55. The van der Waals surface area contributed by atoms with Gasteiger partial charge in [0.25, 0.3) is 5.91 Å². The zero-order chi connectivity index (χ0) is 24.4. The first-order chi connectivity index (χ1) is 16.2. The van der Waals surface area contributed by atoms with Crippen LogP contribution in [0, 0.1) is 29.1 Å². The van der Waals surface area contributed by atoms with Crippen LogP contribution in [0.5, 0.6) is 5.75 Å². The Bertz CT molecular complexity index is 1350. The van der Waals surface area contributed by atoms with Crippen molar-refractivity contribution in [3.63, 3.8) is 0 Å². The molecule has 2 aromatic carbocycles. The maximum absolute atomic E-state index is 13.8. The Morgan fingerprint density at radius 2 is 1.74 bits per heavy atom. The highest BCUT2D eigenvalue weighted by molar-refractivity contribution is 9.10. The summed E-state index contributed by atoms with van der Waals surface area (Å²) in [4.78, 5) is 12.5. The highest BCUT2D eigenvalue weighted by Crippen LogP contribution is 2.28. The molecule has 0 unspecified atom stereocenters. The zero-order valence-electron chi connectivity index (χ0n) is 16.9. The topological polar surface area (TPSA) is 69.3 Å². The SMILES string of the molecule is O=C(Nc1nn(Cc2ccccc2F)cc1Br)c1ccc(COc2c(F)c(F)cc(F)c2F)o1. The van der Waals surface area contributed by atoms with Crippen molar-refractivity contribution in [2.75, 3.05) is 5.32 Å². The average Bonchev–Trinajstić information content (AvgIpc) is 3.41. The van der Waals surface area contributed by atoms with Crippen molar-refractivity contribution in [3.05, 3.63) is 99.3 Å². The Balaban J connectivity index is 1.42. The summed E-state index contributed by atoms with van der Waals surface area (Å²) >= 11 is 3.26. The number of ether oxygens (including phenoxy) is 1. The molecule has 0 aliphatic carbocycles. The third kappa shape index (κ3) is 4.96. The fourth-order valence-corrected chi connectivity index (χ4v) is 3.35. The summed E-state index contributed by atoms with van der Waals surface area (Å²) in [6, 6.07) is 8.78. The van der Waals surface area contributed by atoms with Gasteiger partial charge >= 0.3 is 0 Å². The van der Waals surface area contributed by atoms with Crippen LogP contribution >= 0.6 is 15.9 Å². The molecule has 0 saturated heterocycles. The number of hydrogen-bond donors (Lipinski definition) is 1. The van der Waals surface area contributed by atoms with Gasteiger partial charge in [0.05, 0.1) is 11.0 Å². The number of carbonyl (C=O) groups excluding carboxylic acids is 1. The van der Waals surface area contributed by atoms with Crippen molar-refractivity contribution in [1.29, 1.82) is 0 Å². The molecular formula is C22H13BrF5N3O3. The minimum Gasteiger partial charge on any atom is -0.479 e. The van der Waals surface area contributed by atoms with Crippen LogP contribution in [0.2, 0.25) is 0 Å². The first-order valence-corrected chi connectivity index (χ1v) is 10.3. The second-order valence-corrected chi connectivity index (χ2v) is 7.78. The molecule has 4 aromatic rings. The quantitative estimate of drug-likeness (QED) is 0.236. The Morgan fingerprint density at radius 3 is 2.44 bits per heavy atom. The van der Waals surface area contributed by atoms with Crippen molar-refractivity contribution in [1.82, 2.24) is 9.78 Å². The first kappa shape index (κ1) is 23.5. The fraction of sp³-hybridized carbons (Fsp3) is 0.0909. The van der Waals surface area contributed by atoms with Gasteiger partial charge in [-0.05, 0) is 34.1 Å². The van der Waals surface area contributed by atoms with E-state index in [0.717, 1.165) is 0 Å². The van der Waals surface area contributed by atoms with E-state index < -0.39 is 47.3 Å². The van der Waals surface area contributed by atoms with Gasteiger partial charge < -0.3 is 14.5 Å². The van der Waals surface area contributed by atoms with Crippen molar-refractivity contribution in [2.24, 2.45) is 0 Å². The lowest BCUT2D eigenvalue weighted by Crippen LogP contribution is -2.12. The Kier molecular flexibility index (Phi) is 6.68. The van der Waals surface area contributed by atoms with Crippen molar-refractivity contribution in [3.8, 4) is 5.75 Å². The average molecular weight is 542 g/mol. The number of aromatic nitrogens is 2. The molecule has 0 fully saturated rings. The van der Waals surface area contributed by atoms with Gasteiger partial charge in [-0.1, -0.05) is 18.2 Å². The zero-order valence-corrected chi connectivity index (χ0v) is 18.5. The molecule has 2 heterocycles. The Hall–Kier alpha value is -3.67. The van der Waals surface area contributed by atoms with E-state index in [1.54, 1.807) is 24.4 Å². The number of nitrogens with one attached hydrogen (secondary N) is 1. The van der Waals surface area contributed by atoms with Gasteiger partial charge in [-0.15, -0.1) is 0 Å². The van der Waals surface area contributed by atoms with Gasteiger partial charge in [-0.25, -0.2) is 13.2 Å². The molecule has 34 heavy (non-hydrogen) atoms. The van der Waals surface area contributed by atoms with Gasteiger partial charge in [-0.2, -0.15) is 13.9 Å². The molecule has 0 atom stereocenters. The molecule has 12 heteroatoms. The predicted molar refractivity (Wildman–Crippen MR) is 113 cm³/mol. The largest absolute Gasteiger partial charge is 0.479 e. The number of amides is 1. The van der Waals surface area contributed by atoms with Crippen LogP contribution < -0.4 is 10.1 Å². The summed E-state index contributed by atoms with van der Waals surface area (Å²) in [6.45, 7) is -0.484. The van der Waals surface area contributed by atoms with Crippen LogP contribution in [0.3, 0.4) is 0 Å². The van der Waals surface area contributed by atoms with Gasteiger partial charge in [0.1, 0.15) is 18.2 Å². The second kappa shape index (κ2) is 9.67. The van der Waals surface area contributed by atoms with Crippen LogP contribution in [-0.4, -0.2) is 15.7 Å². The molecule has 4 rings (SSSR count). The minimum absolute atomic E-state index is 0.0437. The van der Waals surface area contributed by atoms with Crippen LogP contribution in [0.4, 0.5) is 27.8 Å². The molecule has 0 spiro atoms. The van der Waals surface area contributed by atoms with Gasteiger partial charge in [0, 0.05) is 17.8 Å². The number of anilines is 1. The second-order valence-electron chi connectivity index (χ2n) is 6.92. The monoisotopic (exact) mass is 541 g/mol. The third-order valence-electron chi connectivity index (χ3n) is 4.55. The first-order valence-electron chi connectivity index (χ1n) is 9.55. The maximum Gasteiger partial charge on any atom is 0.292 e. The number of carbonyl (C=O) groups is 1. The predicted octanol–water partition coefficient (Wildman–Crippen LogP) is 5.81. The van der Waals surface area contributed by atoms with Gasteiger partial charge in [0.15, 0.2) is 29.0 Å². The highest BCUT2D eigenvalue weighted by atomic mass is 79.9. The normalized spacial score (nSPS) is 11.0. The molecule has 6 nitrogen and oxygen atoms in total. The third-order valence-corrected chi connectivity index (χ3v) is 5.14. The van der Waals surface area contributed by atoms with Gasteiger partial charge in [0.2, 0.25) is 11.6 Å².